The van der Waals surface area contributed by atoms with Gasteiger partial charge < -0.3 is 0 Å². The van der Waals surface area contributed by atoms with Crippen LogP contribution >= 0.6 is 0 Å². The number of nitrogens with one attached hydrogen (secondary N) is 1. The minimum Gasteiger partial charge on any atom is -0.299 e. The van der Waals surface area contributed by atoms with Crippen molar-refractivity contribution >= 4 is 5.91 Å². The molecule has 4 nitrogen and oxygen atoms in total. The SMILES string of the molecule is CN(Cc1ccc(C(=O)NN)cc1)C1CC1. The number of nitrogens with two attached hydrogens (primary N) is 1. The number of carbonyl (C=O) groups excluding carboxylic acids is 1. The van der Waals surface area contributed by atoms with Crippen LogP contribution in [0.15, 0.2) is 24.3 Å². The van der Waals surface area contributed by atoms with Gasteiger partial charge in [-0.3, -0.25) is 15.1 Å². The first-order valence-electron chi connectivity index (χ1n) is 5.51. The average molecular weight is 219 g/mol. The molecule has 1 aromatic carbocycles. The van der Waals surface area contributed by atoms with Gasteiger partial charge in [-0.2, -0.15) is 0 Å². The van der Waals surface area contributed by atoms with Gasteiger partial charge in [0.05, 0.1) is 0 Å². The molecule has 16 heavy (non-hydrogen) atoms. The molecule has 2 rings (SSSR count). The highest BCUT2D eigenvalue weighted by Gasteiger charge is 2.25. The molecule has 0 heterocycles. The topological polar surface area (TPSA) is 58.4 Å². The lowest BCUT2D eigenvalue weighted by molar-refractivity contribution is 0.0953. The molecule has 0 aromatic heterocycles. The van der Waals surface area contributed by atoms with E-state index in [9.17, 15) is 4.79 Å². The van der Waals surface area contributed by atoms with Gasteiger partial charge >= 0.3 is 0 Å². The van der Waals surface area contributed by atoms with Crippen LogP contribution in [0.3, 0.4) is 0 Å². The van der Waals surface area contributed by atoms with E-state index in [1.807, 2.05) is 12.1 Å². The quantitative estimate of drug-likeness (QED) is 0.449. The lowest BCUT2D eigenvalue weighted by Gasteiger charge is -2.15. The molecule has 0 unspecified atom stereocenters. The summed E-state index contributed by atoms with van der Waals surface area (Å²) in [7, 11) is 2.14. The van der Waals surface area contributed by atoms with E-state index in [1.54, 1.807) is 12.1 Å². The van der Waals surface area contributed by atoms with Crippen LogP contribution in [0.25, 0.3) is 0 Å². The highest BCUT2D eigenvalue weighted by atomic mass is 16.2. The third kappa shape index (κ3) is 2.59. The van der Waals surface area contributed by atoms with Gasteiger partial charge in [0.1, 0.15) is 0 Å². The van der Waals surface area contributed by atoms with Crippen molar-refractivity contribution in [3.8, 4) is 0 Å². The van der Waals surface area contributed by atoms with Crippen molar-refractivity contribution in [1.29, 1.82) is 0 Å². The van der Waals surface area contributed by atoms with Crippen LogP contribution in [0.5, 0.6) is 0 Å². The van der Waals surface area contributed by atoms with E-state index in [2.05, 4.69) is 17.4 Å². The van der Waals surface area contributed by atoms with Crippen LogP contribution in [-0.2, 0) is 6.54 Å². The summed E-state index contributed by atoms with van der Waals surface area (Å²) < 4.78 is 0. The third-order valence-electron chi connectivity index (χ3n) is 2.95. The smallest absolute Gasteiger partial charge is 0.265 e. The molecule has 1 saturated carbocycles. The van der Waals surface area contributed by atoms with E-state index in [-0.39, 0.29) is 5.91 Å². The summed E-state index contributed by atoms with van der Waals surface area (Å²) in [5.74, 6) is 4.82. The minimum atomic E-state index is -0.248. The Bertz CT molecular complexity index is 370. The molecule has 0 radical (unpaired) electrons. The molecule has 86 valence electrons. The molecule has 4 heteroatoms. The number of rotatable bonds is 4. The molecule has 1 aromatic rings. The Hall–Kier alpha value is -1.39. The van der Waals surface area contributed by atoms with Crippen molar-refractivity contribution in [2.24, 2.45) is 5.84 Å². The highest BCUT2D eigenvalue weighted by Crippen LogP contribution is 2.26. The Morgan fingerprint density at radius 3 is 2.56 bits per heavy atom. The van der Waals surface area contributed by atoms with Gasteiger partial charge in [0.2, 0.25) is 0 Å². The zero-order valence-electron chi connectivity index (χ0n) is 9.44. The first kappa shape index (κ1) is 11.1. The zero-order chi connectivity index (χ0) is 11.5. The number of amides is 1. The van der Waals surface area contributed by atoms with Crippen molar-refractivity contribution in [1.82, 2.24) is 10.3 Å². The summed E-state index contributed by atoms with van der Waals surface area (Å²) in [5, 5.41) is 0. The van der Waals surface area contributed by atoms with Crippen LogP contribution in [-0.4, -0.2) is 23.9 Å². The minimum absolute atomic E-state index is 0.248. The Balaban J connectivity index is 1.98. The van der Waals surface area contributed by atoms with Gasteiger partial charge in [-0.1, -0.05) is 12.1 Å². The molecule has 3 N–H and O–H groups in total. The normalized spacial score (nSPS) is 15.2. The van der Waals surface area contributed by atoms with Gasteiger partial charge in [-0.05, 0) is 37.6 Å². The third-order valence-corrected chi connectivity index (χ3v) is 2.95. The van der Waals surface area contributed by atoms with Crippen molar-refractivity contribution in [3.05, 3.63) is 35.4 Å². The molecule has 0 atom stereocenters. The van der Waals surface area contributed by atoms with Crippen molar-refractivity contribution in [3.63, 3.8) is 0 Å². The van der Waals surface area contributed by atoms with E-state index < -0.39 is 0 Å². The monoisotopic (exact) mass is 219 g/mol. The fourth-order valence-electron chi connectivity index (χ4n) is 1.78. The van der Waals surface area contributed by atoms with Crippen LogP contribution < -0.4 is 11.3 Å². The summed E-state index contributed by atoms with van der Waals surface area (Å²) in [6, 6.07) is 8.32. The summed E-state index contributed by atoms with van der Waals surface area (Å²) in [5.41, 5.74) is 3.94. The molecule has 0 aliphatic heterocycles. The Morgan fingerprint density at radius 1 is 1.44 bits per heavy atom. The summed E-state index contributed by atoms with van der Waals surface area (Å²) >= 11 is 0. The van der Waals surface area contributed by atoms with Gasteiger partial charge in [0.25, 0.3) is 5.91 Å². The standard InChI is InChI=1S/C12H17N3O/c1-15(11-6-7-11)8-9-2-4-10(5-3-9)12(16)14-13/h2-5,11H,6-8,13H2,1H3,(H,14,16). The van der Waals surface area contributed by atoms with Crippen LogP contribution in [0.1, 0.15) is 28.8 Å². The van der Waals surface area contributed by atoms with E-state index in [1.165, 1.54) is 18.4 Å². The van der Waals surface area contributed by atoms with Crippen molar-refractivity contribution in [2.75, 3.05) is 7.05 Å². The van der Waals surface area contributed by atoms with Crippen LogP contribution in [0, 0.1) is 0 Å². The molecule has 1 aliphatic rings. The molecular weight excluding hydrogens is 202 g/mol. The first-order chi connectivity index (χ1) is 7.70. The molecule has 1 aliphatic carbocycles. The van der Waals surface area contributed by atoms with E-state index in [0.717, 1.165) is 12.6 Å². The maximum absolute atomic E-state index is 11.2. The summed E-state index contributed by atoms with van der Waals surface area (Å²) in [4.78, 5) is 13.6. The predicted molar refractivity (Wildman–Crippen MR) is 62.6 cm³/mol. The Morgan fingerprint density at radius 2 is 2.06 bits per heavy atom. The maximum Gasteiger partial charge on any atom is 0.265 e. The van der Waals surface area contributed by atoms with Gasteiger partial charge in [-0.15, -0.1) is 0 Å². The lowest BCUT2D eigenvalue weighted by Crippen LogP contribution is -2.29. The molecule has 0 spiro atoms. The summed E-state index contributed by atoms with van der Waals surface area (Å²) in [6.45, 7) is 0.940. The maximum atomic E-state index is 11.2. The number of carbonyl (C=O) groups is 1. The number of nitrogens with zero attached hydrogens (tertiary/aromatic N) is 1. The van der Waals surface area contributed by atoms with Gasteiger partial charge in [0, 0.05) is 18.2 Å². The van der Waals surface area contributed by atoms with Crippen LogP contribution in [0.2, 0.25) is 0 Å². The molecule has 0 saturated heterocycles. The number of hydrogen-bond donors (Lipinski definition) is 2. The second kappa shape index (κ2) is 4.63. The van der Waals surface area contributed by atoms with Gasteiger partial charge in [0.15, 0.2) is 0 Å². The Labute approximate surface area is 95.4 Å². The zero-order valence-corrected chi connectivity index (χ0v) is 9.44. The van der Waals surface area contributed by atoms with E-state index in [4.69, 9.17) is 5.84 Å². The largest absolute Gasteiger partial charge is 0.299 e. The molecular formula is C12H17N3O. The molecule has 1 fully saturated rings. The summed E-state index contributed by atoms with van der Waals surface area (Å²) in [6.07, 6.45) is 2.62. The number of benzene rings is 1. The number of hydrazine groups is 1. The molecule has 0 bridgehead atoms. The fraction of sp³-hybridized carbons (Fsp3) is 0.417. The molecule has 1 amide bonds. The van der Waals surface area contributed by atoms with Crippen LogP contribution in [0.4, 0.5) is 0 Å². The number of nitrogen functional groups attached to an aromatic ring is 1. The van der Waals surface area contributed by atoms with E-state index in [0.29, 0.717) is 5.56 Å². The van der Waals surface area contributed by atoms with E-state index >= 15 is 0 Å². The van der Waals surface area contributed by atoms with Gasteiger partial charge in [-0.25, -0.2) is 5.84 Å². The second-order valence-electron chi connectivity index (χ2n) is 4.32. The van der Waals surface area contributed by atoms with Crippen molar-refractivity contribution in [2.45, 2.75) is 25.4 Å². The predicted octanol–water partition coefficient (Wildman–Crippen LogP) is 0.884. The number of hydrogen-bond acceptors (Lipinski definition) is 3. The average Bonchev–Trinajstić information content (AvgIpc) is 3.13. The highest BCUT2D eigenvalue weighted by molar-refractivity contribution is 5.93. The van der Waals surface area contributed by atoms with Crippen molar-refractivity contribution < 1.29 is 4.79 Å². The first-order valence-corrected chi connectivity index (χ1v) is 5.51. The lowest BCUT2D eigenvalue weighted by atomic mass is 10.1. The Kier molecular flexibility index (Phi) is 3.22. The second-order valence-corrected chi connectivity index (χ2v) is 4.32. The fourth-order valence-corrected chi connectivity index (χ4v) is 1.78.